The van der Waals surface area contributed by atoms with Crippen LogP contribution < -0.4 is 5.73 Å². The van der Waals surface area contributed by atoms with Gasteiger partial charge >= 0.3 is 0 Å². The third kappa shape index (κ3) is 3.08. The minimum atomic E-state index is -3.54. The number of nitrogens with zero attached hydrogens (tertiary/aromatic N) is 1. The number of hydrogen-bond acceptors (Lipinski definition) is 4. The first-order valence-electron chi connectivity index (χ1n) is 5.57. The summed E-state index contributed by atoms with van der Waals surface area (Å²) in [5, 5.41) is 0. The van der Waals surface area contributed by atoms with Crippen molar-refractivity contribution in [3.05, 3.63) is 53.6 Å². The molecule has 0 saturated carbocycles. The van der Waals surface area contributed by atoms with Crippen molar-refractivity contribution < 1.29 is 12.8 Å². The summed E-state index contributed by atoms with van der Waals surface area (Å²) in [6.45, 7) is 1.67. The maximum absolute atomic E-state index is 13.0. The molecule has 0 amide bonds. The molecule has 1 aromatic carbocycles. The Hall–Kier alpha value is -1.95. The van der Waals surface area contributed by atoms with E-state index in [1.165, 1.54) is 18.3 Å². The fourth-order valence-corrected chi connectivity index (χ4v) is 3.43. The Kier molecular flexibility index (Phi) is 3.53. The molecule has 0 fully saturated rings. The highest BCUT2D eigenvalue weighted by Crippen LogP contribution is 2.22. The Morgan fingerprint density at radius 2 is 2.00 bits per heavy atom. The molecule has 1 aromatic heterocycles. The maximum Gasteiger partial charge on any atom is 0.182 e. The molecule has 0 saturated heterocycles. The highest BCUT2D eigenvalue weighted by molar-refractivity contribution is 7.90. The zero-order valence-corrected chi connectivity index (χ0v) is 11.1. The highest BCUT2D eigenvalue weighted by Gasteiger charge is 2.18. The number of rotatable bonds is 3. The molecule has 0 unspecified atom stereocenters. The van der Waals surface area contributed by atoms with E-state index in [9.17, 15) is 12.8 Å². The lowest BCUT2D eigenvalue weighted by Crippen LogP contribution is -2.07. The van der Waals surface area contributed by atoms with Crippen molar-refractivity contribution in [2.75, 3.05) is 5.73 Å². The van der Waals surface area contributed by atoms with Crippen LogP contribution >= 0.6 is 0 Å². The quantitative estimate of drug-likeness (QED) is 0.874. The molecule has 0 spiro atoms. The fraction of sp³-hybridized carbons (Fsp3) is 0.154. The molecule has 100 valence electrons. The lowest BCUT2D eigenvalue weighted by molar-refractivity contribution is 0.593. The van der Waals surface area contributed by atoms with Gasteiger partial charge in [-0.3, -0.25) is 4.98 Å². The first-order chi connectivity index (χ1) is 8.88. The minimum Gasteiger partial charge on any atom is -0.399 e. The normalized spacial score (nSPS) is 11.5. The molecule has 0 bridgehead atoms. The second kappa shape index (κ2) is 4.97. The average molecular weight is 280 g/mol. The lowest BCUT2D eigenvalue weighted by atomic mass is 10.2. The van der Waals surface area contributed by atoms with Gasteiger partial charge in [0.1, 0.15) is 5.82 Å². The van der Waals surface area contributed by atoms with Gasteiger partial charge in [-0.25, -0.2) is 12.8 Å². The first kappa shape index (κ1) is 13.5. The molecule has 0 aliphatic rings. The van der Waals surface area contributed by atoms with Gasteiger partial charge in [0.05, 0.1) is 16.8 Å². The van der Waals surface area contributed by atoms with E-state index in [2.05, 4.69) is 4.98 Å². The average Bonchev–Trinajstić information content (AvgIpc) is 2.27. The second-order valence-electron chi connectivity index (χ2n) is 4.30. The number of hydrogen-bond donors (Lipinski definition) is 1. The van der Waals surface area contributed by atoms with Crippen molar-refractivity contribution in [2.24, 2.45) is 0 Å². The monoisotopic (exact) mass is 280 g/mol. The Morgan fingerprint density at radius 1 is 1.26 bits per heavy atom. The summed E-state index contributed by atoms with van der Waals surface area (Å²) in [7, 11) is -3.54. The van der Waals surface area contributed by atoms with Crippen LogP contribution in [0.4, 0.5) is 10.1 Å². The van der Waals surface area contributed by atoms with E-state index in [0.717, 1.165) is 12.3 Å². The Morgan fingerprint density at radius 3 is 2.63 bits per heavy atom. The van der Waals surface area contributed by atoms with E-state index in [-0.39, 0.29) is 10.6 Å². The molecule has 19 heavy (non-hydrogen) atoms. The van der Waals surface area contributed by atoms with Crippen molar-refractivity contribution in [1.82, 2.24) is 4.98 Å². The topological polar surface area (TPSA) is 73.1 Å². The molecular formula is C13H13FN2O2S. The SMILES string of the molecule is Cc1cc(N)ccc1S(=O)(=O)Cc1cncc(F)c1. The maximum atomic E-state index is 13.0. The minimum absolute atomic E-state index is 0.200. The van der Waals surface area contributed by atoms with Crippen LogP contribution in [0.1, 0.15) is 11.1 Å². The predicted octanol–water partition coefficient (Wildman–Crippen LogP) is 2.09. The van der Waals surface area contributed by atoms with Crippen molar-refractivity contribution in [3.63, 3.8) is 0 Å². The molecule has 0 aliphatic heterocycles. The second-order valence-corrected chi connectivity index (χ2v) is 6.25. The van der Waals surface area contributed by atoms with Gasteiger partial charge in [-0.15, -0.1) is 0 Å². The van der Waals surface area contributed by atoms with Crippen LogP contribution in [0.25, 0.3) is 0 Å². The van der Waals surface area contributed by atoms with E-state index in [4.69, 9.17) is 5.73 Å². The molecule has 1 heterocycles. The predicted molar refractivity (Wildman–Crippen MR) is 70.7 cm³/mol. The Bertz CT molecular complexity index is 714. The van der Waals surface area contributed by atoms with Gasteiger partial charge in [0.2, 0.25) is 0 Å². The fourth-order valence-electron chi connectivity index (χ4n) is 1.85. The van der Waals surface area contributed by atoms with Gasteiger partial charge in [0, 0.05) is 11.9 Å². The number of benzene rings is 1. The number of aryl methyl sites for hydroxylation is 1. The van der Waals surface area contributed by atoms with Crippen LogP contribution in [0, 0.1) is 12.7 Å². The van der Waals surface area contributed by atoms with Crippen LogP contribution in [0.5, 0.6) is 0 Å². The molecule has 4 nitrogen and oxygen atoms in total. The van der Waals surface area contributed by atoms with Crippen LogP contribution in [0.15, 0.2) is 41.6 Å². The van der Waals surface area contributed by atoms with Crippen molar-refractivity contribution in [2.45, 2.75) is 17.6 Å². The van der Waals surface area contributed by atoms with Gasteiger partial charge in [0.25, 0.3) is 0 Å². The zero-order chi connectivity index (χ0) is 14.0. The molecule has 0 atom stereocenters. The number of nitrogen functional groups attached to an aromatic ring is 1. The van der Waals surface area contributed by atoms with Crippen molar-refractivity contribution in [1.29, 1.82) is 0 Å². The van der Waals surface area contributed by atoms with Crippen LogP contribution in [0.2, 0.25) is 0 Å². The summed E-state index contributed by atoms with van der Waals surface area (Å²) in [5.41, 5.74) is 6.98. The number of halogens is 1. The highest BCUT2D eigenvalue weighted by atomic mass is 32.2. The molecule has 0 radical (unpaired) electrons. The van der Waals surface area contributed by atoms with E-state index in [0.29, 0.717) is 16.8 Å². The third-order valence-corrected chi connectivity index (χ3v) is 4.49. The van der Waals surface area contributed by atoms with Crippen LogP contribution in [0.3, 0.4) is 0 Å². The smallest absolute Gasteiger partial charge is 0.182 e. The number of aromatic nitrogens is 1. The van der Waals surface area contributed by atoms with E-state index in [1.54, 1.807) is 13.0 Å². The summed E-state index contributed by atoms with van der Waals surface area (Å²) in [6.07, 6.45) is 2.37. The molecule has 2 N–H and O–H groups in total. The summed E-state index contributed by atoms with van der Waals surface area (Å²) in [4.78, 5) is 3.84. The largest absolute Gasteiger partial charge is 0.399 e. The zero-order valence-electron chi connectivity index (χ0n) is 10.3. The van der Waals surface area contributed by atoms with Gasteiger partial charge in [-0.2, -0.15) is 0 Å². The number of nitrogens with two attached hydrogens (primary N) is 1. The lowest BCUT2D eigenvalue weighted by Gasteiger charge is -2.08. The standard InChI is InChI=1S/C13H13FN2O2S/c1-9-4-12(15)2-3-13(9)19(17,18)8-10-5-11(14)7-16-6-10/h2-7H,8,15H2,1H3. The number of sulfone groups is 1. The summed E-state index contributed by atoms with van der Waals surface area (Å²) >= 11 is 0. The molecule has 2 rings (SSSR count). The first-order valence-corrected chi connectivity index (χ1v) is 7.22. The van der Waals surface area contributed by atoms with Gasteiger partial charge in [-0.05, 0) is 42.3 Å². The van der Waals surface area contributed by atoms with Gasteiger partial charge in [-0.1, -0.05) is 0 Å². The Balaban J connectivity index is 2.38. The molecule has 2 aromatic rings. The molecular weight excluding hydrogens is 267 g/mol. The Labute approximate surface area is 111 Å². The van der Waals surface area contributed by atoms with E-state index < -0.39 is 15.7 Å². The summed E-state index contributed by atoms with van der Waals surface area (Å²) < 4.78 is 37.5. The van der Waals surface area contributed by atoms with Crippen LogP contribution in [-0.2, 0) is 15.6 Å². The van der Waals surface area contributed by atoms with E-state index >= 15 is 0 Å². The molecule has 0 aliphatic carbocycles. The summed E-state index contributed by atoms with van der Waals surface area (Å²) in [6, 6.07) is 5.75. The number of anilines is 1. The van der Waals surface area contributed by atoms with Crippen molar-refractivity contribution >= 4 is 15.5 Å². The number of pyridine rings is 1. The van der Waals surface area contributed by atoms with Crippen molar-refractivity contribution in [3.8, 4) is 0 Å². The van der Waals surface area contributed by atoms with Gasteiger partial charge in [0.15, 0.2) is 9.84 Å². The third-order valence-electron chi connectivity index (χ3n) is 2.65. The molecule has 6 heteroatoms. The summed E-state index contributed by atoms with van der Waals surface area (Å²) in [5.74, 6) is -0.843. The van der Waals surface area contributed by atoms with Crippen LogP contribution in [-0.4, -0.2) is 13.4 Å². The van der Waals surface area contributed by atoms with E-state index in [1.807, 2.05) is 0 Å². The van der Waals surface area contributed by atoms with Gasteiger partial charge < -0.3 is 5.73 Å².